The third-order valence-corrected chi connectivity index (χ3v) is 8.67. The van der Waals surface area contributed by atoms with Crippen LogP contribution in [-0.4, -0.2) is 61.2 Å². The summed E-state index contributed by atoms with van der Waals surface area (Å²) in [4.78, 5) is 21.0. The van der Waals surface area contributed by atoms with E-state index in [0.29, 0.717) is 60.8 Å². The molecule has 45 heavy (non-hydrogen) atoms. The van der Waals surface area contributed by atoms with Crippen molar-refractivity contribution in [1.29, 1.82) is 0 Å². The van der Waals surface area contributed by atoms with Gasteiger partial charge in [0.2, 0.25) is 6.41 Å². The van der Waals surface area contributed by atoms with Crippen molar-refractivity contribution < 1.29 is 19.0 Å². The zero-order chi connectivity index (χ0) is 32.3. The first kappa shape index (κ1) is 34.6. The summed E-state index contributed by atoms with van der Waals surface area (Å²) in [5, 5.41) is 0.371. The number of carbonyl (C=O) groups is 1. The van der Waals surface area contributed by atoms with E-state index in [1.807, 2.05) is 36.4 Å². The highest BCUT2D eigenvalue weighted by Crippen LogP contribution is 2.41. The lowest BCUT2D eigenvalue weighted by molar-refractivity contribution is -0.107. The van der Waals surface area contributed by atoms with Crippen molar-refractivity contribution in [3.05, 3.63) is 81.2 Å². The van der Waals surface area contributed by atoms with Crippen molar-refractivity contribution in [3.8, 4) is 17.2 Å². The van der Waals surface area contributed by atoms with Crippen LogP contribution < -0.4 is 19.1 Å². The minimum absolute atomic E-state index is 0.371. The monoisotopic (exact) mass is 698 g/mol. The van der Waals surface area contributed by atoms with Crippen LogP contribution in [-0.2, 0) is 17.8 Å². The molecule has 0 radical (unpaired) electrons. The maximum atomic E-state index is 11.9. The Labute approximate surface area is 280 Å². The standard InChI is InChI=1S/C35H44BrClN4O4/c1-6-7-16-39(19-20-45-35-32(44-5)14-12-29(34(35)37)40(24-42)18-15-25(2)3)23-28-30(41-17-9-8-10-33(41)38-28)22-26-21-27(36)11-13-31(26)43-4/h8-14,17,21,24-25H,6-7,15-16,18-20,22-23H2,1-5H3. The first-order valence-corrected chi connectivity index (χ1v) is 16.7. The maximum absolute atomic E-state index is 11.9. The Kier molecular flexibility index (Phi) is 13.0. The summed E-state index contributed by atoms with van der Waals surface area (Å²) < 4.78 is 20.8. The minimum atomic E-state index is 0.371. The van der Waals surface area contributed by atoms with E-state index in [4.69, 9.17) is 30.8 Å². The van der Waals surface area contributed by atoms with Crippen LogP contribution in [0.25, 0.3) is 5.65 Å². The molecule has 0 saturated heterocycles. The number of anilines is 1. The van der Waals surface area contributed by atoms with Crippen molar-refractivity contribution in [1.82, 2.24) is 14.3 Å². The summed E-state index contributed by atoms with van der Waals surface area (Å²) in [5.74, 6) is 2.28. The van der Waals surface area contributed by atoms with E-state index in [2.05, 4.69) is 58.3 Å². The normalized spacial score (nSPS) is 11.4. The van der Waals surface area contributed by atoms with Gasteiger partial charge in [0.1, 0.15) is 23.0 Å². The van der Waals surface area contributed by atoms with Gasteiger partial charge in [0.15, 0.2) is 11.5 Å². The molecule has 0 unspecified atom stereocenters. The van der Waals surface area contributed by atoms with Crippen LogP contribution in [0.5, 0.6) is 17.2 Å². The van der Waals surface area contributed by atoms with Crippen molar-refractivity contribution >= 4 is 45.3 Å². The Morgan fingerprint density at radius 3 is 2.53 bits per heavy atom. The summed E-state index contributed by atoms with van der Waals surface area (Å²) in [5.41, 5.74) is 4.75. The number of fused-ring (bicyclic) bond motifs is 1. The maximum Gasteiger partial charge on any atom is 0.214 e. The smallest absolute Gasteiger partial charge is 0.214 e. The van der Waals surface area contributed by atoms with Gasteiger partial charge in [-0.2, -0.15) is 0 Å². The molecule has 10 heteroatoms. The van der Waals surface area contributed by atoms with Crippen molar-refractivity contribution in [3.63, 3.8) is 0 Å². The summed E-state index contributed by atoms with van der Waals surface area (Å²) in [7, 11) is 3.29. The molecule has 8 nitrogen and oxygen atoms in total. The number of hydrogen-bond donors (Lipinski definition) is 0. The van der Waals surface area contributed by atoms with Crippen LogP contribution in [0.15, 0.2) is 59.2 Å². The van der Waals surface area contributed by atoms with Gasteiger partial charge in [-0.1, -0.05) is 60.8 Å². The number of halogens is 2. The Hall–Kier alpha value is -3.27. The van der Waals surface area contributed by atoms with Gasteiger partial charge in [0.25, 0.3) is 0 Å². The number of pyridine rings is 1. The number of imidazole rings is 1. The second-order valence-electron chi connectivity index (χ2n) is 11.5. The fourth-order valence-electron chi connectivity index (χ4n) is 5.29. The number of rotatable bonds is 18. The molecular formula is C35H44BrClN4O4. The highest BCUT2D eigenvalue weighted by atomic mass is 79.9. The van der Waals surface area contributed by atoms with Gasteiger partial charge in [-0.05, 0) is 67.8 Å². The van der Waals surface area contributed by atoms with Crippen LogP contribution >= 0.6 is 27.5 Å². The number of aromatic nitrogens is 2. The molecule has 0 bridgehead atoms. The van der Waals surface area contributed by atoms with Gasteiger partial charge < -0.3 is 23.5 Å². The summed E-state index contributed by atoms with van der Waals surface area (Å²) >= 11 is 10.5. The van der Waals surface area contributed by atoms with Gasteiger partial charge in [-0.25, -0.2) is 4.98 Å². The molecule has 0 fully saturated rings. The molecule has 0 aliphatic carbocycles. The molecule has 0 saturated carbocycles. The van der Waals surface area contributed by atoms with E-state index in [-0.39, 0.29) is 0 Å². The molecule has 1 amide bonds. The number of ether oxygens (including phenoxy) is 3. The quantitative estimate of drug-likeness (QED) is 0.0980. The molecule has 4 aromatic rings. The Morgan fingerprint density at radius 1 is 1.04 bits per heavy atom. The molecule has 0 aliphatic heterocycles. The van der Waals surface area contributed by atoms with Gasteiger partial charge in [-0.3, -0.25) is 9.69 Å². The average Bonchev–Trinajstić information content (AvgIpc) is 3.37. The summed E-state index contributed by atoms with van der Waals surface area (Å²) in [6.45, 7) is 9.63. The second-order valence-corrected chi connectivity index (χ2v) is 12.8. The predicted octanol–water partition coefficient (Wildman–Crippen LogP) is 8.05. The van der Waals surface area contributed by atoms with Crippen molar-refractivity contribution in [2.75, 3.05) is 45.4 Å². The lowest BCUT2D eigenvalue weighted by Gasteiger charge is -2.24. The number of amides is 1. The average molecular weight is 700 g/mol. The fraction of sp³-hybridized carbons (Fsp3) is 0.429. The first-order chi connectivity index (χ1) is 21.8. The molecule has 2 heterocycles. The predicted molar refractivity (Wildman–Crippen MR) is 185 cm³/mol. The fourth-order valence-corrected chi connectivity index (χ4v) is 6.01. The molecular weight excluding hydrogens is 656 g/mol. The largest absolute Gasteiger partial charge is 0.496 e. The third-order valence-electron chi connectivity index (χ3n) is 7.81. The SMILES string of the molecule is CCCCN(CCOc1c(OC)ccc(N(C=O)CCC(C)C)c1Cl)Cc1nc2ccccn2c1Cc1cc(Br)ccc1OC. The molecule has 4 rings (SSSR count). The highest BCUT2D eigenvalue weighted by Gasteiger charge is 2.21. The summed E-state index contributed by atoms with van der Waals surface area (Å²) in [6, 6.07) is 15.8. The van der Waals surface area contributed by atoms with Crippen LogP contribution in [0.2, 0.25) is 5.02 Å². The van der Waals surface area contributed by atoms with Gasteiger partial charge in [0.05, 0.1) is 31.3 Å². The van der Waals surface area contributed by atoms with Crippen LogP contribution in [0.1, 0.15) is 57.0 Å². The van der Waals surface area contributed by atoms with E-state index < -0.39 is 0 Å². The minimum Gasteiger partial charge on any atom is -0.496 e. The highest BCUT2D eigenvalue weighted by molar-refractivity contribution is 9.10. The van der Waals surface area contributed by atoms with Crippen LogP contribution in [0, 0.1) is 5.92 Å². The van der Waals surface area contributed by atoms with Crippen molar-refractivity contribution in [2.45, 2.75) is 53.0 Å². The van der Waals surface area contributed by atoms with E-state index >= 15 is 0 Å². The van der Waals surface area contributed by atoms with Crippen molar-refractivity contribution in [2.24, 2.45) is 5.92 Å². The van der Waals surface area contributed by atoms with E-state index in [1.165, 1.54) is 0 Å². The third kappa shape index (κ3) is 8.93. The van der Waals surface area contributed by atoms with E-state index in [9.17, 15) is 4.79 Å². The van der Waals surface area contributed by atoms with Gasteiger partial charge in [-0.15, -0.1) is 0 Å². The number of carbonyl (C=O) groups excluding carboxylic acids is 1. The van der Waals surface area contributed by atoms with Crippen LogP contribution in [0.3, 0.4) is 0 Å². The first-order valence-electron chi connectivity index (χ1n) is 15.5. The second kappa shape index (κ2) is 16.9. The topological polar surface area (TPSA) is 68.5 Å². The lowest BCUT2D eigenvalue weighted by atomic mass is 10.1. The molecule has 0 aliphatic rings. The number of nitrogens with zero attached hydrogens (tertiary/aromatic N) is 4. The molecule has 242 valence electrons. The zero-order valence-corrected chi connectivity index (χ0v) is 29.2. The molecule has 2 aromatic carbocycles. The molecule has 0 spiro atoms. The molecule has 2 aromatic heterocycles. The van der Waals surface area contributed by atoms with Gasteiger partial charge >= 0.3 is 0 Å². The summed E-state index contributed by atoms with van der Waals surface area (Å²) in [6.07, 6.45) is 6.54. The van der Waals surface area contributed by atoms with Crippen LogP contribution in [0.4, 0.5) is 5.69 Å². The number of methoxy groups -OCH3 is 2. The molecule has 0 N–H and O–H groups in total. The zero-order valence-electron chi connectivity index (χ0n) is 26.9. The Balaban J connectivity index is 1.57. The Morgan fingerprint density at radius 2 is 1.82 bits per heavy atom. The number of benzene rings is 2. The van der Waals surface area contributed by atoms with E-state index in [1.54, 1.807) is 25.2 Å². The van der Waals surface area contributed by atoms with E-state index in [0.717, 1.165) is 65.0 Å². The lowest BCUT2D eigenvalue weighted by Crippen LogP contribution is -2.30. The number of hydrogen-bond acceptors (Lipinski definition) is 6. The Bertz CT molecular complexity index is 1560. The number of unbranched alkanes of at least 4 members (excludes halogenated alkanes) is 1. The van der Waals surface area contributed by atoms with Gasteiger partial charge in [0, 0.05) is 42.3 Å². The molecule has 0 atom stereocenters.